The minimum atomic E-state index is 0.861. The van der Waals surface area contributed by atoms with Gasteiger partial charge in [-0.15, -0.1) is 0 Å². The van der Waals surface area contributed by atoms with E-state index < -0.39 is 0 Å². The maximum absolute atomic E-state index is 6.76. The van der Waals surface area contributed by atoms with E-state index in [9.17, 15) is 0 Å². The van der Waals surface area contributed by atoms with Crippen molar-refractivity contribution in [2.24, 2.45) is 0 Å². The highest BCUT2D eigenvalue weighted by atomic mass is 16.3. The fourth-order valence-corrected chi connectivity index (χ4v) is 9.47. The smallest absolute Gasteiger partial charge is 0.143 e. The Morgan fingerprint density at radius 3 is 1.65 bits per heavy atom. The van der Waals surface area contributed by atoms with E-state index in [0.717, 1.165) is 55.3 Å². The molecule has 0 spiro atoms. The number of hydrogen-bond acceptors (Lipinski definition) is 2. The number of anilines is 3. The van der Waals surface area contributed by atoms with Gasteiger partial charge in [0.1, 0.15) is 11.2 Å². The van der Waals surface area contributed by atoms with Crippen LogP contribution in [0.1, 0.15) is 0 Å². The van der Waals surface area contributed by atoms with Crippen LogP contribution in [0.25, 0.3) is 98.4 Å². The lowest BCUT2D eigenvalue weighted by Crippen LogP contribution is -2.10. The van der Waals surface area contributed by atoms with E-state index in [1.54, 1.807) is 0 Å². The summed E-state index contributed by atoms with van der Waals surface area (Å²) in [7, 11) is 0. The van der Waals surface area contributed by atoms with Crippen molar-refractivity contribution in [3.8, 4) is 33.4 Å². The van der Waals surface area contributed by atoms with Crippen molar-refractivity contribution < 1.29 is 4.42 Å². The van der Waals surface area contributed by atoms with Crippen LogP contribution < -0.4 is 4.90 Å². The van der Waals surface area contributed by atoms with Crippen LogP contribution in [0.5, 0.6) is 0 Å². The van der Waals surface area contributed by atoms with Crippen LogP contribution in [0.3, 0.4) is 0 Å². The third-order valence-corrected chi connectivity index (χ3v) is 12.2. The van der Waals surface area contributed by atoms with Crippen molar-refractivity contribution in [3.63, 3.8) is 0 Å². The summed E-state index contributed by atoms with van der Waals surface area (Å²) >= 11 is 0. The molecule has 280 valence electrons. The van der Waals surface area contributed by atoms with Gasteiger partial charge in [0.15, 0.2) is 0 Å². The maximum atomic E-state index is 6.76. The Hall–Kier alpha value is -7.94. The third-order valence-electron chi connectivity index (χ3n) is 12.2. The standard InChI is InChI=1S/C58H37NO/c1-2-16-41(17-3-1)55-50-24-10-8-22-48(50)49-23-9-11-25-51(49)56(55)44-19-12-20-46(37-44)59(45-33-30-39(31-34-45)43-29-28-38-14-4-5-18-42(38)36-43)53-26-13-27-54-57(53)52-35-32-40-15-6-7-21-47(40)58(52)60-54/h1-37H. The zero-order chi connectivity index (χ0) is 39.6. The molecule has 0 radical (unpaired) electrons. The summed E-state index contributed by atoms with van der Waals surface area (Å²) in [6, 6.07) is 81.3. The number of rotatable bonds is 6. The highest BCUT2D eigenvalue weighted by Crippen LogP contribution is 2.48. The first-order chi connectivity index (χ1) is 29.8. The molecule has 0 unspecified atom stereocenters. The second kappa shape index (κ2) is 13.9. The van der Waals surface area contributed by atoms with Crippen LogP contribution in [-0.2, 0) is 0 Å². The second-order valence-corrected chi connectivity index (χ2v) is 15.6. The summed E-state index contributed by atoms with van der Waals surface area (Å²) in [6.07, 6.45) is 0. The highest BCUT2D eigenvalue weighted by Gasteiger charge is 2.23. The third kappa shape index (κ3) is 5.50. The monoisotopic (exact) mass is 763 g/mol. The summed E-state index contributed by atoms with van der Waals surface area (Å²) in [4.78, 5) is 2.41. The molecule has 0 atom stereocenters. The molecule has 2 heteroatoms. The molecular formula is C58H37NO. The molecule has 2 nitrogen and oxygen atoms in total. The number of nitrogens with zero attached hydrogens (tertiary/aromatic N) is 1. The topological polar surface area (TPSA) is 16.4 Å². The van der Waals surface area contributed by atoms with Crippen LogP contribution in [0, 0.1) is 0 Å². The van der Waals surface area contributed by atoms with Crippen LogP contribution >= 0.6 is 0 Å². The van der Waals surface area contributed by atoms with E-state index in [1.807, 2.05) is 0 Å². The van der Waals surface area contributed by atoms with E-state index in [-0.39, 0.29) is 0 Å². The summed E-state index contributed by atoms with van der Waals surface area (Å²) in [5.74, 6) is 0. The quantitative estimate of drug-likeness (QED) is 0.157. The van der Waals surface area contributed by atoms with Crippen LogP contribution in [-0.4, -0.2) is 0 Å². The number of benzene rings is 11. The fourth-order valence-electron chi connectivity index (χ4n) is 9.47. The summed E-state index contributed by atoms with van der Waals surface area (Å²) in [5.41, 5.74) is 12.1. The molecule has 12 aromatic rings. The van der Waals surface area contributed by atoms with Gasteiger partial charge in [-0.2, -0.15) is 0 Å². The van der Waals surface area contributed by atoms with Gasteiger partial charge in [-0.05, 0) is 120 Å². The molecule has 12 rings (SSSR count). The molecule has 0 saturated heterocycles. The molecule has 0 saturated carbocycles. The first kappa shape index (κ1) is 34.1. The largest absolute Gasteiger partial charge is 0.455 e. The van der Waals surface area contributed by atoms with Crippen molar-refractivity contribution in [1.82, 2.24) is 0 Å². The Kier molecular flexibility index (Phi) is 7.89. The van der Waals surface area contributed by atoms with Crippen molar-refractivity contribution in [1.29, 1.82) is 0 Å². The molecule has 1 aromatic heterocycles. The van der Waals surface area contributed by atoms with Gasteiger partial charge in [-0.1, -0.05) is 176 Å². The SMILES string of the molecule is c1ccc(-c2c(-c3cccc(N(c4ccc(-c5ccc6ccccc6c5)cc4)c4cccc5oc6c7ccccc7ccc6c45)c3)c3ccccc3c3ccccc23)cc1. The zero-order valence-electron chi connectivity index (χ0n) is 32.7. The van der Waals surface area contributed by atoms with Gasteiger partial charge in [0.25, 0.3) is 0 Å². The fraction of sp³-hybridized carbons (Fsp3) is 0. The number of fused-ring (bicyclic) bond motifs is 9. The van der Waals surface area contributed by atoms with Gasteiger partial charge in [0, 0.05) is 22.1 Å². The molecule has 0 N–H and O–H groups in total. The van der Waals surface area contributed by atoms with Crippen LogP contribution in [0.4, 0.5) is 17.1 Å². The van der Waals surface area contributed by atoms with Crippen molar-refractivity contribution in [2.75, 3.05) is 4.90 Å². The van der Waals surface area contributed by atoms with Crippen molar-refractivity contribution in [3.05, 3.63) is 224 Å². The second-order valence-electron chi connectivity index (χ2n) is 15.6. The van der Waals surface area contributed by atoms with Gasteiger partial charge in [-0.3, -0.25) is 0 Å². The van der Waals surface area contributed by atoms with Crippen LogP contribution in [0.2, 0.25) is 0 Å². The molecule has 1 heterocycles. The lowest BCUT2D eigenvalue weighted by atomic mass is 9.85. The average molecular weight is 764 g/mol. The lowest BCUT2D eigenvalue weighted by Gasteiger charge is -2.27. The Bertz CT molecular complexity index is 3600. The molecule has 0 amide bonds. The zero-order valence-corrected chi connectivity index (χ0v) is 32.7. The minimum Gasteiger partial charge on any atom is -0.455 e. The number of furan rings is 1. The first-order valence-electron chi connectivity index (χ1n) is 20.6. The Balaban J connectivity index is 1.11. The van der Waals surface area contributed by atoms with E-state index in [0.29, 0.717) is 0 Å². The van der Waals surface area contributed by atoms with E-state index in [2.05, 4.69) is 229 Å². The average Bonchev–Trinajstić information content (AvgIpc) is 3.72. The molecule has 0 aliphatic carbocycles. The van der Waals surface area contributed by atoms with E-state index in [1.165, 1.54) is 60.1 Å². The van der Waals surface area contributed by atoms with Gasteiger partial charge in [0.05, 0.1) is 11.1 Å². The Morgan fingerprint density at radius 2 is 0.883 bits per heavy atom. The lowest BCUT2D eigenvalue weighted by molar-refractivity contribution is 0.672. The predicted molar refractivity (Wildman–Crippen MR) is 255 cm³/mol. The molecule has 0 aliphatic heterocycles. The van der Waals surface area contributed by atoms with Gasteiger partial charge in [-0.25, -0.2) is 0 Å². The minimum absolute atomic E-state index is 0.861. The molecule has 0 bridgehead atoms. The summed E-state index contributed by atoms with van der Waals surface area (Å²) in [5, 5.41) is 11.9. The Morgan fingerprint density at radius 1 is 0.300 bits per heavy atom. The first-order valence-corrected chi connectivity index (χ1v) is 20.6. The molecule has 0 fully saturated rings. The molecule has 11 aromatic carbocycles. The predicted octanol–water partition coefficient (Wildman–Crippen LogP) is 16.7. The normalized spacial score (nSPS) is 11.7. The van der Waals surface area contributed by atoms with Gasteiger partial charge < -0.3 is 9.32 Å². The van der Waals surface area contributed by atoms with Crippen molar-refractivity contribution in [2.45, 2.75) is 0 Å². The molecule has 0 aliphatic rings. The molecular weight excluding hydrogens is 727 g/mol. The number of hydrogen-bond donors (Lipinski definition) is 0. The van der Waals surface area contributed by atoms with Gasteiger partial charge in [0.2, 0.25) is 0 Å². The summed E-state index contributed by atoms with van der Waals surface area (Å²) in [6.45, 7) is 0. The van der Waals surface area contributed by atoms with E-state index >= 15 is 0 Å². The molecule has 60 heavy (non-hydrogen) atoms. The van der Waals surface area contributed by atoms with Crippen molar-refractivity contribution >= 4 is 82.1 Å². The Labute approximate surface area is 347 Å². The van der Waals surface area contributed by atoms with Crippen LogP contribution in [0.15, 0.2) is 229 Å². The van der Waals surface area contributed by atoms with E-state index in [4.69, 9.17) is 4.42 Å². The maximum Gasteiger partial charge on any atom is 0.143 e. The van der Waals surface area contributed by atoms with Gasteiger partial charge >= 0.3 is 0 Å². The summed E-state index contributed by atoms with van der Waals surface area (Å²) < 4.78 is 6.76. The highest BCUT2D eigenvalue weighted by molar-refractivity contribution is 6.22.